The second-order valence-electron chi connectivity index (χ2n) is 10.9. The van der Waals surface area contributed by atoms with E-state index in [1.807, 2.05) is 0 Å². The van der Waals surface area contributed by atoms with Crippen molar-refractivity contribution >= 4 is 41.4 Å². The number of nitrogens with two attached hydrogens (primary N) is 1. The molecule has 4 unspecified atom stereocenters. The molecule has 0 aliphatic carbocycles. The number of likely N-dealkylation sites (tertiary alicyclic amines) is 2. The van der Waals surface area contributed by atoms with Crippen LogP contribution in [0.2, 0.25) is 0 Å². The SMILES string of the molecule is CC(=O)NC(Cc1ccc(O)cc1)C(=O)N1CCC[C@@H]1C(=O)N1CC(O)CC1C(=O)NCC(=O)NC(C)C(=O)NCC(N)=O. The first kappa shape index (κ1) is 33.8. The van der Waals surface area contributed by atoms with Gasteiger partial charge in [-0.05, 0) is 37.5 Å². The quantitative estimate of drug-likeness (QED) is 0.124. The van der Waals surface area contributed by atoms with Crippen LogP contribution in [0.15, 0.2) is 24.3 Å². The Morgan fingerprint density at radius 1 is 0.977 bits per heavy atom. The van der Waals surface area contributed by atoms with Gasteiger partial charge < -0.3 is 47.0 Å². The van der Waals surface area contributed by atoms with Crippen LogP contribution in [-0.2, 0) is 40.0 Å². The summed E-state index contributed by atoms with van der Waals surface area (Å²) in [5.41, 5.74) is 5.66. The Morgan fingerprint density at radius 2 is 1.66 bits per heavy atom. The molecule has 5 atom stereocenters. The second kappa shape index (κ2) is 15.1. The molecule has 0 spiro atoms. The minimum Gasteiger partial charge on any atom is -0.508 e. The number of β-amino-alcohol motifs (C(OH)–C–C–N with tert-alkyl or cyclic N) is 1. The van der Waals surface area contributed by atoms with Crippen molar-refractivity contribution in [3.63, 3.8) is 0 Å². The third-order valence-electron chi connectivity index (χ3n) is 7.37. The van der Waals surface area contributed by atoms with Crippen molar-refractivity contribution in [2.45, 2.75) is 69.8 Å². The summed E-state index contributed by atoms with van der Waals surface area (Å²) in [6.45, 7) is 1.82. The lowest BCUT2D eigenvalue weighted by Gasteiger charge is -2.32. The first-order valence-electron chi connectivity index (χ1n) is 14.2. The van der Waals surface area contributed by atoms with Crippen molar-refractivity contribution in [3.05, 3.63) is 29.8 Å². The summed E-state index contributed by atoms with van der Waals surface area (Å²) in [4.78, 5) is 89.9. The van der Waals surface area contributed by atoms with Gasteiger partial charge in [0.15, 0.2) is 0 Å². The number of hydrogen-bond donors (Lipinski definition) is 7. The van der Waals surface area contributed by atoms with Crippen LogP contribution >= 0.6 is 0 Å². The number of rotatable bonds is 12. The molecule has 0 saturated carbocycles. The van der Waals surface area contributed by atoms with Gasteiger partial charge in [-0.3, -0.25) is 33.6 Å². The molecule has 16 heteroatoms. The van der Waals surface area contributed by atoms with Crippen LogP contribution in [0.5, 0.6) is 5.75 Å². The summed E-state index contributed by atoms with van der Waals surface area (Å²) in [5, 5.41) is 29.5. The zero-order valence-corrected chi connectivity index (χ0v) is 24.6. The maximum absolute atomic E-state index is 13.7. The van der Waals surface area contributed by atoms with Gasteiger partial charge in [0.05, 0.1) is 19.2 Å². The summed E-state index contributed by atoms with van der Waals surface area (Å²) < 4.78 is 0. The van der Waals surface area contributed by atoms with E-state index in [1.54, 1.807) is 12.1 Å². The van der Waals surface area contributed by atoms with Gasteiger partial charge in [0.2, 0.25) is 41.4 Å². The Kier molecular flexibility index (Phi) is 11.6. The Bertz CT molecular complexity index is 1270. The number of aliphatic hydroxyl groups excluding tert-OH is 1. The number of hydrogen-bond acceptors (Lipinski definition) is 9. The second-order valence-corrected chi connectivity index (χ2v) is 10.9. The molecule has 2 aliphatic rings. The summed E-state index contributed by atoms with van der Waals surface area (Å²) >= 11 is 0. The number of aliphatic hydroxyl groups is 1. The molecule has 2 fully saturated rings. The zero-order valence-electron chi connectivity index (χ0n) is 24.6. The van der Waals surface area contributed by atoms with Gasteiger partial charge >= 0.3 is 0 Å². The molecule has 2 saturated heterocycles. The third kappa shape index (κ3) is 9.13. The maximum atomic E-state index is 13.7. The fraction of sp³-hybridized carbons (Fsp3) is 0.536. The van der Waals surface area contributed by atoms with Crippen molar-refractivity contribution < 1.29 is 43.8 Å². The van der Waals surface area contributed by atoms with E-state index in [1.165, 1.54) is 35.8 Å². The summed E-state index contributed by atoms with van der Waals surface area (Å²) in [6, 6.07) is 2.13. The lowest BCUT2D eigenvalue weighted by Crippen LogP contribution is -2.57. The van der Waals surface area contributed by atoms with Gasteiger partial charge in [-0.15, -0.1) is 0 Å². The molecule has 16 nitrogen and oxygen atoms in total. The van der Waals surface area contributed by atoms with Crippen LogP contribution < -0.4 is 27.0 Å². The fourth-order valence-corrected chi connectivity index (χ4v) is 5.27. The smallest absolute Gasteiger partial charge is 0.246 e. The molecule has 0 radical (unpaired) electrons. The van der Waals surface area contributed by atoms with Gasteiger partial charge in [-0.25, -0.2) is 0 Å². The number of carbonyl (C=O) groups is 7. The molecule has 1 aromatic carbocycles. The van der Waals surface area contributed by atoms with Gasteiger partial charge in [-0.2, -0.15) is 0 Å². The Labute approximate surface area is 253 Å². The highest BCUT2D eigenvalue weighted by Crippen LogP contribution is 2.26. The fourth-order valence-electron chi connectivity index (χ4n) is 5.27. The number of nitrogens with one attached hydrogen (secondary N) is 4. The molecule has 44 heavy (non-hydrogen) atoms. The molecule has 1 aromatic rings. The molecule has 7 amide bonds. The van der Waals surface area contributed by atoms with E-state index in [4.69, 9.17) is 5.73 Å². The number of phenolic OH excluding ortho intramolecular Hbond substituents is 1. The van der Waals surface area contributed by atoms with Crippen molar-refractivity contribution in [1.29, 1.82) is 0 Å². The lowest BCUT2D eigenvalue weighted by molar-refractivity contribution is -0.148. The van der Waals surface area contributed by atoms with Crippen LogP contribution in [0.3, 0.4) is 0 Å². The first-order chi connectivity index (χ1) is 20.8. The molecule has 240 valence electrons. The lowest BCUT2D eigenvalue weighted by atomic mass is 10.0. The largest absolute Gasteiger partial charge is 0.508 e. The number of nitrogens with zero attached hydrogens (tertiary/aromatic N) is 2. The number of phenols is 1. The van der Waals surface area contributed by atoms with Crippen molar-refractivity contribution in [2.75, 3.05) is 26.2 Å². The highest BCUT2D eigenvalue weighted by Gasteiger charge is 2.45. The highest BCUT2D eigenvalue weighted by molar-refractivity contribution is 5.96. The van der Waals surface area contributed by atoms with E-state index in [9.17, 15) is 43.8 Å². The first-order valence-corrected chi connectivity index (χ1v) is 14.2. The van der Waals surface area contributed by atoms with Gasteiger partial charge in [0.25, 0.3) is 0 Å². The molecular weight excluding hydrogens is 578 g/mol. The molecule has 2 aliphatic heterocycles. The minimum absolute atomic E-state index is 0.0485. The van der Waals surface area contributed by atoms with Gasteiger partial charge in [-0.1, -0.05) is 12.1 Å². The molecule has 2 heterocycles. The Morgan fingerprint density at radius 3 is 2.30 bits per heavy atom. The van der Waals surface area contributed by atoms with Crippen LogP contribution in [0.25, 0.3) is 0 Å². The molecular formula is C28H39N7O9. The third-order valence-corrected chi connectivity index (χ3v) is 7.37. The van der Waals surface area contributed by atoms with Crippen molar-refractivity contribution in [2.24, 2.45) is 5.73 Å². The molecule has 0 bridgehead atoms. The van der Waals surface area contributed by atoms with Crippen LogP contribution in [0, 0.1) is 0 Å². The normalized spacial score (nSPS) is 20.8. The van der Waals surface area contributed by atoms with Crippen molar-refractivity contribution in [3.8, 4) is 5.75 Å². The zero-order chi connectivity index (χ0) is 32.6. The standard InChI is InChI=1S/C28H39N7O9/c1-15(25(41)30-12-23(29)39)32-24(40)13-31-26(42)22-11-19(38)14-35(22)28(44)21-4-3-9-34(21)27(43)20(33-16(2)36)10-17-5-7-18(37)8-6-17/h5-8,15,19-22,37-38H,3-4,9-14H2,1-2H3,(H2,29,39)(H,30,41)(H,31,42)(H,32,40)(H,33,36)/t15?,19?,20?,21-,22?/m1/s1. The van der Waals surface area contributed by atoms with E-state index in [0.717, 1.165) is 0 Å². The summed E-state index contributed by atoms with van der Waals surface area (Å²) in [6.07, 6.45) is -0.148. The number of benzene rings is 1. The molecule has 3 rings (SSSR count). The Hall–Kier alpha value is -4.73. The van der Waals surface area contributed by atoms with Crippen LogP contribution in [-0.4, -0.2) is 118 Å². The summed E-state index contributed by atoms with van der Waals surface area (Å²) in [5.74, 6) is -4.22. The van der Waals surface area contributed by atoms with E-state index in [2.05, 4.69) is 21.3 Å². The van der Waals surface area contributed by atoms with Crippen LogP contribution in [0.4, 0.5) is 0 Å². The van der Waals surface area contributed by atoms with Gasteiger partial charge in [0.1, 0.15) is 29.9 Å². The maximum Gasteiger partial charge on any atom is 0.246 e. The van der Waals surface area contributed by atoms with Gasteiger partial charge in [0, 0.05) is 32.9 Å². The number of amides is 7. The van der Waals surface area contributed by atoms with E-state index >= 15 is 0 Å². The molecule has 0 aromatic heterocycles. The van der Waals surface area contributed by atoms with Crippen LogP contribution in [0.1, 0.15) is 38.7 Å². The number of aromatic hydroxyl groups is 1. The predicted molar refractivity (Wildman–Crippen MR) is 153 cm³/mol. The summed E-state index contributed by atoms with van der Waals surface area (Å²) in [7, 11) is 0. The number of carbonyl (C=O) groups excluding carboxylic acids is 7. The monoisotopic (exact) mass is 617 g/mol. The van der Waals surface area contributed by atoms with E-state index in [0.29, 0.717) is 18.4 Å². The highest BCUT2D eigenvalue weighted by atomic mass is 16.3. The minimum atomic E-state index is -1.11. The van der Waals surface area contributed by atoms with E-state index in [-0.39, 0.29) is 31.7 Å². The predicted octanol–water partition coefficient (Wildman–Crippen LogP) is -3.39. The molecule has 8 N–H and O–H groups in total. The van der Waals surface area contributed by atoms with Crippen molar-refractivity contribution in [1.82, 2.24) is 31.1 Å². The topological polar surface area (TPSA) is 241 Å². The average molecular weight is 618 g/mol. The number of primary amides is 1. The van der Waals surface area contributed by atoms with E-state index < -0.39 is 84.7 Å². The Balaban J connectivity index is 1.64. The average Bonchev–Trinajstić information content (AvgIpc) is 3.61.